The standard InChI is InChI=1S/C13H22N4O2/c1-5-7-14-13(18)9(3)15-11-8-12(19-6-2)17-10(4)16-11/h8-9H,5-7H2,1-4H3,(H,14,18)(H,15,16,17). The number of amides is 1. The van der Waals surface area contributed by atoms with Crippen molar-refractivity contribution < 1.29 is 9.53 Å². The van der Waals surface area contributed by atoms with Gasteiger partial charge in [-0.2, -0.15) is 4.98 Å². The molecule has 1 unspecified atom stereocenters. The lowest BCUT2D eigenvalue weighted by Gasteiger charge is -2.15. The number of aromatic nitrogens is 2. The van der Waals surface area contributed by atoms with E-state index in [2.05, 4.69) is 20.6 Å². The van der Waals surface area contributed by atoms with Gasteiger partial charge in [0.25, 0.3) is 0 Å². The van der Waals surface area contributed by atoms with Crippen LogP contribution in [0, 0.1) is 6.92 Å². The summed E-state index contributed by atoms with van der Waals surface area (Å²) in [6.07, 6.45) is 0.916. The molecule has 0 radical (unpaired) electrons. The first-order valence-corrected chi connectivity index (χ1v) is 6.59. The van der Waals surface area contributed by atoms with Crippen LogP contribution in [0.4, 0.5) is 5.82 Å². The van der Waals surface area contributed by atoms with Gasteiger partial charge in [-0.05, 0) is 27.2 Å². The second-order valence-corrected chi connectivity index (χ2v) is 4.23. The van der Waals surface area contributed by atoms with Gasteiger partial charge in [-0.15, -0.1) is 0 Å². The molecule has 1 aromatic heterocycles. The molecular weight excluding hydrogens is 244 g/mol. The van der Waals surface area contributed by atoms with E-state index < -0.39 is 0 Å². The van der Waals surface area contributed by atoms with Crippen LogP contribution in [0.3, 0.4) is 0 Å². The van der Waals surface area contributed by atoms with E-state index in [0.29, 0.717) is 30.7 Å². The van der Waals surface area contributed by atoms with Crippen molar-refractivity contribution in [3.05, 3.63) is 11.9 Å². The van der Waals surface area contributed by atoms with Gasteiger partial charge in [0.05, 0.1) is 6.61 Å². The van der Waals surface area contributed by atoms with Crippen LogP contribution in [-0.4, -0.2) is 35.1 Å². The van der Waals surface area contributed by atoms with E-state index >= 15 is 0 Å². The van der Waals surface area contributed by atoms with E-state index in [-0.39, 0.29) is 11.9 Å². The van der Waals surface area contributed by atoms with Gasteiger partial charge in [-0.3, -0.25) is 4.79 Å². The van der Waals surface area contributed by atoms with Crippen LogP contribution >= 0.6 is 0 Å². The maximum Gasteiger partial charge on any atom is 0.242 e. The minimum absolute atomic E-state index is 0.0453. The summed E-state index contributed by atoms with van der Waals surface area (Å²) in [6, 6.07) is 1.34. The minimum atomic E-state index is -0.352. The van der Waals surface area contributed by atoms with Gasteiger partial charge in [-0.25, -0.2) is 4.98 Å². The van der Waals surface area contributed by atoms with Crippen molar-refractivity contribution in [3.63, 3.8) is 0 Å². The third-order valence-corrected chi connectivity index (χ3v) is 2.41. The van der Waals surface area contributed by atoms with Gasteiger partial charge in [0, 0.05) is 12.6 Å². The molecule has 0 saturated heterocycles. The van der Waals surface area contributed by atoms with Crippen LogP contribution < -0.4 is 15.4 Å². The van der Waals surface area contributed by atoms with Gasteiger partial charge >= 0.3 is 0 Å². The Morgan fingerprint density at radius 1 is 1.42 bits per heavy atom. The molecular formula is C13H22N4O2. The second kappa shape index (κ2) is 7.56. The van der Waals surface area contributed by atoms with Crippen molar-refractivity contribution in [2.45, 2.75) is 40.2 Å². The highest BCUT2D eigenvalue weighted by Crippen LogP contribution is 2.14. The van der Waals surface area contributed by atoms with Crippen LogP contribution in [0.2, 0.25) is 0 Å². The predicted molar refractivity (Wildman–Crippen MR) is 74.3 cm³/mol. The second-order valence-electron chi connectivity index (χ2n) is 4.23. The molecule has 106 valence electrons. The molecule has 1 aromatic rings. The van der Waals surface area contributed by atoms with Crippen molar-refractivity contribution >= 4 is 11.7 Å². The number of carbonyl (C=O) groups excluding carboxylic acids is 1. The largest absolute Gasteiger partial charge is 0.478 e. The fourth-order valence-electron chi connectivity index (χ4n) is 1.52. The monoisotopic (exact) mass is 266 g/mol. The molecule has 1 atom stereocenters. The molecule has 6 nitrogen and oxygen atoms in total. The summed E-state index contributed by atoms with van der Waals surface area (Å²) in [7, 11) is 0. The molecule has 6 heteroatoms. The number of nitrogens with zero attached hydrogens (tertiary/aromatic N) is 2. The van der Waals surface area contributed by atoms with E-state index in [4.69, 9.17) is 4.74 Å². The van der Waals surface area contributed by atoms with Crippen LogP contribution in [0.15, 0.2) is 6.07 Å². The number of ether oxygens (including phenoxy) is 1. The first-order valence-electron chi connectivity index (χ1n) is 6.59. The van der Waals surface area contributed by atoms with Gasteiger partial charge < -0.3 is 15.4 Å². The van der Waals surface area contributed by atoms with E-state index in [1.807, 2.05) is 13.8 Å². The maximum atomic E-state index is 11.8. The molecule has 0 aromatic carbocycles. The first-order chi connectivity index (χ1) is 9.06. The summed E-state index contributed by atoms with van der Waals surface area (Å²) in [6.45, 7) is 8.71. The average Bonchev–Trinajstić information content (AvgIpc) is 2.35. The maximum absolute atomic E-state index is 11.8. The Morgan fingerprint density at radius 3 is 2.79 bits per heavy atom. The number of hydrogen-bond acceptors (Lipinski definition) is 5. The quantitative estimate of drug-likeness (QED) is 0.782. The molecule has 1 rings (SSSR count). The molecule has 0 fully saturated rings. The Morgan fingerprint density at radius 2 is 2.16 bits per heavy atom. The number of hydrogen-bond donors (Lipinski definition) is 2. The third-order valence-electron chi connectivity index (χ3n) is 2.41. The summed E-state index contributed by atoms with van der Waals surface area (Å²) >= 11 is 0. The van der Waals surface area contributed by atoms with Crippen LogP contribution in [0.5, 0.6) is 5.88 Å². The first kappa shape index (κ1) is 15.2. The fourth-order valence-corrected chi connectivity index (χ4v) is 1.52. The molecule has 0 bridgehead atoms. The van der Waals surface area contributed by atoms with E-state index in [1.54, 1.807) is 19.9 Å². The lowest BCUT2D eigenvalue weighted by Crippen LogP contribution is -2.38. The van der Waals surface area contributed by atoms with Gasteiger partial charge in [-0.1, -0.05) is 6.92 Å². The number of carbonyl (C=O) groups is 1. The van der Waals surface area contributed by atoms with Crippen molar-refractivity contribution in [2.75, 3.05) is 18.5 Å². The zero-order valence-corrected chi connectivity index (χ0v) is 12.0. The molecule has 0 aliphatic heterocycles. The number of aryl methyl sites for hydroxylation is 1. The van der Waals surface area contributed by atoms with Crippen LogP contribution in [-0.2, 0) is 4.79 Å². The topological polar surface area (TPSA) is 76.1 Å². The number of rotatable bonds is 7. The normalized spacial score (nSPS) is 11.8. The fraction of sp³-hybridized carbons (Fsp3) is 0.615. The Kier molecular flexibility index (Phi) is 6.05. The zero-order chi connectivity index (χ0) is 14.3. The van der Waals surface area contributed by atoms with Crippen molar-refractivity contribution in [3.8, 4) is 5.88 Å². The molecule has 2 N–H and O–H groups in total. The van der Waals surface area contributed by atoms with E-state index in [1.165, 1.54) is 0 Å². The molecule has 0 saturated carbocycles. The average molecular weight is 266 g/mol. The highest BCUT2D eigenvalue weighted by atomic mass is 16.5. The molecule has 0 spiro atoms. The predicted octanol–water partition coefficient (Wildman–Crippen LogP) is 1.51. The minimum Gasteiger partial charge on any atom is -0.478 e. The summed E-state index contributed by atoms with van der Waals surface area (Å²) in [4.78, 5) is 20.1. The SMILES string of the molecule is CCCNC(=O)C(C)Nc1cc(OCC)nc(C)n1. The van der Waals surface area contributed by atoms with Crippen LogP contribution in [0.25, 0.3) is 0 Å². The van der Waals surface area contributed by atoms with Crippen LogP contribution in [0.1, 0.15) is 33.0 Å². The van der Waals surface area contributed by atoms with E-state index in [9.17, 15) is 4.79 Å². The van der Waals surface area contributed by atoms with Crippen molar-refractivity contribution in [1.29, 1.82) is 0 Å². The van der Waals surface area contributed by atoms with Gasteiger partial charge in [0.2, 0.25) is 11.8 Å². The lowest BCUT2D eigenvalue weighted by molar-refractivity contribution is -0.121. The Balaban J connectivity index is 2.67. The summed E-state index contributed by atoms with van der Waals surface area (Å²) < 4.78 is 5.34. The molecule has 0 aliphatic rings. The molecule has 19 heavy (non-hydrogen) atoms. The van der Waals surface area contributed by atoms with Gasteiger partial charge in [0.15, 0.2) is 0 Å². The van der Waals surface area contributed by atoms with Crippen molar-refractivity contribution in [2.24, 2.45) is 0 Å². The van der Waals surface area contributed by atoms with Gasteiger partial charge in [0.1, 0.15) is 17.7 Å². The molecule has 0 aliphatic carbocycles. The Hall–Kier alpha value is -1.85. The molecule has 1 amide bonds. The molecule has 1 heterocycles. The number of anilines is 1. The summed E-state index contributed by atoms with van der Waals surface area (Å²) in [5.74, 6) is 1.67. The van der Waals surface area contributed by atoms with Crippen molar-refractivity contribution in [1.82, 2.24) is 15.3 Å². The Labute approximate surface area is 114 Å². The lowest BCUT2D eigenvalue weighted by atomic mass is 10.3. The third kappa shape index (κ3) is 5.11. The zero-order valence-electron chi connectivity index (χ0n) is 12.0. The smallest absolute Gasteiger partial charge is 0.242 e. The highest BCUT2D eigenvalue weighted by Gasteiger charge is 2.13. The number of nitrogens with one attached hydrogen (secondary N) is 2. The Bertz CT molecular complexity index is 423. The van der Waals surface area contributed by atoms with E-state index in [0.717, 1.165) is 6.42 Å². The summed E-state index contributed by atoms with van der Waals surface area (Å²) in [5, 5.41) is 5.88. The summed E-state index contributed by atoms with van der Waals surface area (Å²) in [5.41, 5.74) is 0. The highest BCUT2D eigenvalue weighted by molar-refractivity contribution is 5.83.